The summed E-state index contributed by atoms with van der Waals surface area (Å²) in [6.07, 6.45) is 0. The third-order valence-electron chi connectivity index (χ3n) is 22.3. The molecule has 0 saturated heterocycles. The molecule has 21 rings (SSSR count). The first kappa shape index (κ1) is 65.3. The second kappa shape index (κ2) is 27.3. The van der Waals surface area contributed by atoms with Crippen molar-refractivity contribution in [3.05, 3.63) is 412 Å². The van der Waals surface area contributed by atoms with Crippen LogP contribution >= 0.6 is 22.7 Å². The molecule has 2 nitrogen and oxygen atoms in total. The fourth-order valence-electron chi connectivity index (χ4n) is 16.7. The van der Waals surface area contributed by atoms with E-state index in [0.29, 0.717) is 0 Å². The topological polar surface area (TPSA) is 6.48 Å². The van der Waals surface area contributed by atoms with Crippen molar-refractivity contribution in [1.29, 1.82) is 0 Å². The summed E-state index contributed by atoms with van der Waals surface area (Å²) in [7, 11) is 0. The van der Waals surface area contributed by atoms with Gasteiger partial charge in [0.15, 0.2) is 0 Å². The zero-order valence-corrected chi connectivity index (χ0v) is 61.9. The molecule has 1 aliphatic carbocycles. The van der Waals surface area contributed by atoms with Crippen LogP contribution in [0.4, 0.5) is 34.1 Å². The highest BCUT2D eigenvalue weighted by Crippen LogP contribution is 2.53. The Bertz CT molecular complexity index is 6870. The third kappa shape index (κ3) is 11.9. The quantitative estimate of drug-likeness (QED) is 0.120. The highest BCUT2D eigenvalue weighted by atomic mass is 32.1. The normalized spacial score (nSPS) is 12.2. The summed E-state index contributed by atoms with van der Waals surface area (Å²) in [5.74, 6) is 0. The van der Waals surface area contributed by atoms with Gasteiger partial charge < -0.3 is 9.80 Å². The van der Waals surface area contributed by atoms with Gasteiger partial charge in [-0.15, -0.1) is 22.7 Å². The van der Waals surface area contributed by atoms with Crippen LogP contribution in [0.3, 0.4) is 0 Å². The van der Waals surface area contributed by atoms with Gasteiger partial charge in [0.25, 0.3) is 0 Å². The van der Waals surface area contributed by atoms with E-state index < -0.39 is 0 Å². The van der Waals surface area contributed by atoms with E-state index in [9.17, 15) is 0 Å². The number of benzene rings is 18. The van der Waals surface area contributed by atoms with Gasteiger partial charge in [-0.2, -0.15) is 0 Å². The van der Waals surface area contributed by atoms with Gasteiger partial charge in [0, 0.05) is 90.9 Å². The van der Waals surface area contributed by atoms with Crippen LogP contribution in [0.1, 0.15) is 25.0 Å². The van der Waals surface area contributed by atoms with Crippen molar-refractivity contribution >= 4 is 129 Å². The Morgan fingerprint density at radius 3 is 1.12 bits per heavy atom. The number of hydrogen-bond donors (Lipinski definition) is 0. The Kier molecular flexibility index (Phi) is 16.3. The molecule has 0 saturated carbocycles. The van der Waals surface area contributed by atoms with Gasteiger partial charge in [0.05, 0.1) is 5.69 Å². The molecule has 1 aliphatic rings. The van der Waals surface area contributed by atoms with E-state index in [1.165, 1.54) is 162 Å². The highest BCUT2D eigenvalue weighted by molar-refractivity contribution is 7.26. The number of rotatable bonds is 12. The maximum Gasteiger partial charge on any atom is 0.0540 e. The summed E-state index contributed by atoms with van der Waals surface area (Å²) in [6.45, 7) is 4.72. The number of para-hydroxylation sites is 1. The lowest BCUT2D eigenvalue weighted by atomic mass is 9.82. The van der Waals surface area contributed by atoms with Gasteiger partial charge in [0.2, 0.25) is 0 Å². The largest absolute Gasteiger partial charge is 0.310 e. The summed E-state index contributed by atoms with van der Waals surface area (Å²) < 4.78 is 5.26. The number of thiophene rings is 2. The molecule has 514 valence electrons. The Labute approximate surface area is 643 Å². The van der Waals surface area contributed by atoms with Crippen LogP contribution < -0.4 is 9.80 Å². The van der Waals surface area contributed by atoms with E-state index in [4.69, 9.17) is 0 Å². The average Bonchev–Trinajstić information content (AvgIpc) is 1.62. The van der Waals surface area contributed by atoms with Crippen LogP contribution in [0.25, 0.3) is 151 Å². The monoisotopic (exact) mass is 1420 g/mol. The number of fused-ring (bicyclic) bond motifs is 12. The molecule has 0 amide bonds. The summed E-state index contributed by atoms with van der Waals surface area (Å²) in [4.78, 5) is 4.82. The first-order valence-electron chi connectivity index (χ1n) is 37.5. The molecule has 18 aromatic carbocycles. The van der Waals surface area contributed by atoms with Crippen molar-refractivity contribution in [2.24, 2.45) is 0 Å². The molecule has 2 heterocycles. The molecule has 109 heavy (non-hydrogen) atoms. The maximum atomic E-state index is 2.43. The van der Waals surface area contributed by atoms with Crippen molar-refractivity contribution in [1.82, 2.24) is 0 Å². The fraction of sp³-hybridized carbons (Fsp3) is 0.0286. The van der Waals surface area contributed by atoms with Gasteiger partial charge in [-0.3, -0.25) is 0 Å². The molecule has 0 N–H and O–H groups in total. The second-order valence-corrected chi connectivity index (χ2v) is 31.2. The van der Waals surface area contributed by atoms with Crippen LogP contribution in [-0.2, 0) is 5.41 Å². The van der Waals surface area contributed by atoms with Gasteiger partial charge in [0.1, 0.15) is 0 Å². The fourth-order valence-corrected chi connectivity index (χ4v) is 19.2. The van der Waals surface area contributed by atoms with Crippen LogP contribution in [0.5, 0.6) is 0 Å². The third-order valence-corrected chi connectivity index (χ3v) is 24.7. The van der Waals surface area contributed by atoms with E-state index in [1.807, 2.05) is 22.7 Å². The van der Waals surface area contributed by atoms with Crippen LogP contribution in [-0.4, -0.2) is 0 Å². The molecule has 0 bridgehead atoms. The number of anilines is 6. The van der Waals surface area contributed by atoms with Crippen LogP contribution in [0.15, 0.2) is 400 Å². The lowest BCUT2D eigenvalue weighted by Gasteiger charge is -2.28. The second-order valence-electron chi connectivity index (χ2n) is 29.1. The predicted molar refractivity (Wildman–Crippen MR) is 471 cm³/mol. The van der Waals surface area contributed by atoms with Crippen LogP contribution in [0.2, 0.25) is 0 Å². The van der Waals surface area contributed by atoms with Gasteiger partial charge in [-0.1, -0.05) is 299 Å². The Morgan fingerprint density at radius 1 is 0.202 bits per heavy atom. The molecule has 0 spiro atoms. The van der Waals surface area contributed by atoms with E-state index >= 15 is 0 Å². The molecule has 0 atom stereocenters. The highest BCUT2D eigenvalue weighted by Gasteiger charge is 2.36. The predicted octanol–water partition coefficient (Wildman–Crippen LogP) is 30.8. The van der Waals surface area contributed by atoms with Crippen molar-refractivity contribution in [3.8, 4) is 77.9 Å². The lowest BCUT2D eigenvalue weighted by Crippen LogP contribution is -2.16. The van der Waals surface area contributed by atoms with E-state index in [0.717, 1.165) is 34.1 Å². The van der Waals surface area contributed by atoms with Gasteiger partial charge in [-0.25, -0.2) is 0 Å². The Balaban J connectivity index is 0.000000143. The summed E-state index contributed by atoms with van der Waals surface area (Å²) in [5, 5.41) is 12.7. The molecule has 0 fully saturated rings. The summed E-state index contributed by atoms with van der Waals surface area (Å²) in [5.41, 5.74) is 26.8. The van der Waals surface area contributed by atoms with Gasteiger partial charge >= 0.3 is 0 Å². The summed E-state index contributed by atoms with van der Waals surface area (Å²) in [6, 6.07) is 147. The molecular formula is C105H72N2S2. The first-order chi connectivity index (χ1) is 53.8. The maximum absolute atomic E-state index is 2.43. The van der Waals surface area contributed by atoms with Crippen molar-refractivity contribution < 1.29 is 0 Å². The number of nitrogens with zero attached hydrogens (tertiary/aromatic N) is 2. The van der Waals surface area contributed by atoms with Crippen LogP contribution in [0, 0.1) is 0 Å². The van der Waals surface area contributed by atoms with E-state index in [-0.39, 0.29) is 5.41 Å². The van der Waals surface area contributed by atoms with Crippen molar-refractivity contribution in [3.63, 3.8) is 0 Å². The molecule has 20 aromatic rings. The smallest absolute Gasteiger partial charge is 0.0540 e. The minimum Gasteiger partial charge on any atom is -0.310 e. The molecule has 2 aromatic heterocycles. The molecule has 0 unspecified atom stereocenters. The first-order valence-corrected chi connectivity index (χ1v) is 39.1. The number of hydrogen-bond acceptors (Lipinski definition) is 4. The molecule has 4 heteroatoms. The standard InChI is InChI=1S/C53H37NS.C52H35NS/c1-53(2)49-17-9-7-15-44(49)45-28-27-43(33-50(45)53)54(42-26-21-35-12-4-6-14-38(35)30-42)41-24-22-36(23-25-41)47-31-40(39-20-19-34-11-3-5-13-37(34)29-39)32-48-46-16-8-10-18-51(46)55-52(47)48;1-3-13-36(14-4-1)38-25-29-44(30-26-38)53(50-21-11-9-19-46(50)39-16-5-2-6-17-39)45-31-27-40(28-32-45)48-34-43(42-24-23-37-15-7-8-18-41(37)33-42)35-49-47-20-10-12-22-51(47)54-52(48)49/h3-33H,1-2H3;1-35H. The van der Waals surface area contributed by atoms with E-state index in [2.05, 4.69) is 424 Å². The lowest BCUT2D eigenvalue weighted by molar-refractivity contribution is 0.660. The SMILES string of the molecule is CC1(C)c2ccccc2-c2ccc(N(c3ccc(-c4cc(-c5ccc6ccccc6c5)cc5c4sc4ccccc45)cc3)c3ccc4ccccc4c3)cc21.c1ccc(-c2ccc(N(c3ccc(-c4cc(-c5ccc6ccccc6c5)cc5c4sc4ccccc45)cc3)c3ccccc3-c3ccccc3)cc2)cc1. The zero-order valence-electron chi connectivity index (χ0n) is 60.3. The zero-order chi connectivity index (χ0) is 72.5. The van der Waals surface area contributed by atoms with Gasteiger partial charge in [-0.05, 0) is 220 Å². The summed E-state index contributed by atoms with van der Waals surface area (Å²) >= 11 is 3.77. The molecule has 0 aliphatic heterocycles. The minimum absolute atomic E-state index is 0.0907. The van der Waals surface area contributed by atoms with E-state index in [1.54, 1.807) is 0 Å². The minimum atomic E-state index is -0.0907. The molecule has 0 radical (unpaired) electrons. The average molecular weight is 1430 g/mol. The Morgan fingerprint density at radius 2 is 0.569 bits per heavy atom. The Hall–Kier alpha value is -13.2. The molecular weight excluding hydrogens is 1350 g/mol. The van der Waals surface area contributed by atoms with Crippen molar-refractivity contribution in [2.75, 3.05) is 9.80 Å². The van der Waals surface area contributed by atoms with Crippen molar-refractivity contribution in [2.45, 2.75) is 19.3 Å².